The van der Waals surface area contributed by atoms with E-state index in [1.807, 2.05) is 0 Å². The Balaban J connectivity index is 2.53. The van der Waals surface area contributed by atoms with Gasteiger partial charge in [-0.05, 0) is 41.0 Å². The molecule has 0 fully saturated rings. The van der Waals surface area contributed by atoms with Crippen molar-refractivity contribution in [2.45, 2.75) is 6.18 Å². The van der Waals surface area contributed by atoms with Crippen LogP contribution in [-0.2, 0) is 11.0 Å². The predicted molar refractivity (Wildman–Crippen MR) is 79.2 cm³/mol. The average molecular weight is 322 g/mol. The fraction of sp³-hybridized carbons (Fsp3) is 0.118. The number of carboxylic acids is 1. The number of methoxy groups -OCH3 is 1. The van der Waals surface area contributed by atoms with Gasteiger partial charge in [0, 0.05) is 6.08 Å². The number of alkyl halides is 3. The highest BCUT2D eigenvalue weighted by Crippen LogP contribution is 2.32. The van der Waals surface area contributed by atoms with Crippen molar-refractivity contribution in [3.63, 3.8) is 0 Å². The number of carbonyl (C=O) groups is 1. The maximum absolute atomic E-state index is 12.8. The smallest absolute Gasteiger partial charge is 0.416 e. The highest BCUT2D eigenvalue weighted by atomic mass is 19.4. The van der Waals surface area contributed by atoms with Gasteiger partial charge in [0.25, 0.3) is 0 Å². The first-order chi connectivity index (χ1) is 10.8. The van der Waals surface area contributed by atoms with Crippen LogP contribution in [0.1, 0.15) is 16.7 Å². The molecule has 0 radical (unpaired) electrons. The monoisotopic (exact) mass is 322 g/mol. The van der Waals surface area contributed by atoms with E-state index >= 15 is 0 Å². The Morgan fingerprint density at radius 3 is 2.26 bits per heavy atom. The lowest BCUT2D eigenvalue weighted by Crippen LogP contribution is -2.05. The molecular weight excluding hydrogens is 309 g/mol. The molecule has 2 rings (SSSR count). The summed E-state index contributed by atoms with van der Waals surface area (Å²) in [6.45, 7) is 0. The van der Waals surface area contributed by atoms with E-state index in [1.165, 1.54) is 19.2 Å². The summed E-state index contributed by atoms with van der Waals surface area (Å²) < 4.78 is 43.5. The summed E-state index contributed by atoms with van der Waals surface area (Å²) in [5.74, 6) is -0.680. The fourth-order valence-electron chi connectivity index (χ4n) is 2.09. The maximum Gasteiger partial charge on any atom is 0.416 e. The molecule has 1 N–H and O–H groups in total. The van der Waals surface area contributed by atoms with Gasteiger partial charge in [-0.15, -0.1) is 0 Å². The number of halogens is 3. The number of carboxylic acid groups (broad SMARTS) is 1. The lowest BCUT2D eigenvalue weighted by Gasteiger charge is -2.12. The van der Waals surface area contributed by atoms with Gasteiger partial charge in [0.05, 0.1) is 12.7 Å². The zero-order valence-corrected chi connectivity index (χ0v) is 12.1. The molecule has 3 nitrogen and oxygen atoms in total. The van der Waals surface area contributed by atoms with Crippen molar-refractivity contribution < 1.29 is 27.8 Å². The number of ether oxygens (including phenoxy) is 1. The Hall–Kier alpha value is -2.76. The highest BCUT2D eigenvalue weighted by Gasteiger charge is 2.30. The molecular formula is C17H13F3O3. The Kier molecular flexibility index (Phi) is 4.74. The SMILES string of the molecule is COc1ccc(/C(=C/C(=O)O)c2cccc(C(F)(F)F)c2)cc1. The average Bonchev–Trinajstić information content (AvgIpc) is 2.52. The third kappa shape index (κ3) is 4.12. The van der Waals surface area contributed by atoms with Gasteiger partial charge in [-0.2, -0.15) is 13.2 Å². The minimum Gasteiger partial charge on any atom is -0.497 e. The van der Waals surface area contributed by atoms with Crippen LogP contribution in [0.5, 0.6) is 5.75 Å². The summed E-state index contributed by atoms with van der Waals surface area (Å²) in [5.41, 5.74) is 0.00553. The summed E-state index contributed by atoms with van der Waals surface area (Å²) in [6.07, 6.45) is -3.61. The van der Waals surface area contributed by atoms with E-state index in [4.69, 9.17) is 9.84 Å². The molecule has 120 valence electrons. The molecule has 0 aliphatic heterocycles. The molecule has 0 saturated heterocycles. The topological polar surface area (TPSA) is 46.5 Å². The number of hydrogen-bond acceptors (Lipinski definition) is 2. The third-order valence-corrected chi connectivity index (χ3v) is 3.17. The van der Waals surface area contributed by atoms with E-state index in [0.717, 1.165) is 18.2 Å². The van der Waals surface area contributed by atoms with Crippen LogP contribution in [0.2, 0.25) is 0 Å². The van der Waals surface area contributed by atoms with Gasteiger partial charge in [-0.25, -0.2) is 4.79 Å². The molecule has 0 atom stereocenters. The predicted octanol–water partition coefficient (Wildman–Crippen LogP) is 4.23. The molecule has 6 heteroatoms. The van der Waals surface area contributed by atoms with Crippen molar-refractivity contribution in [2.24, 2.45) is 0 Å². The molecule has 0 unspecified atom stereocenters. The van der Waals surface area contributed by atoms with Gasteiger partial charge in [0.1, 0.15) is 5.75 Å². The number of rotatable bonds is 4. The third-order valence-electron chi connectivity index (χ3n) is 3.17. The molecule has 0 aliphatic rings. The van der Waals surface area contributed by atoms with Crippen molar-refractivity contribution >= 4 is 11.5 Å². The first kappa shape index (κ1) is 16.6. The van der Waals surface area contributed by atoms with Crippen molar-refractivity contribution in [2.75, 3.05) is 7.11 Å². The van der Waals surface area contributed by atoms with Crippen LogP contribution in [0.15, 0.2) is 54.6 Å². The minimum absolute atomic E-state index is 0.174. The van der Waals surface area contributed by atoms with Crippen LogP contribution in [-0.4, -0.2) is 18.2 Å². The van der Waals surface area contributed by atoms with Crippen molar-refractivity contribution in [3.8, 4) is 5.75 Å². The lowest BCUT2D eigenvalue weighted by molar-refractivity contribution is -0.137. The zero-order valence-electron chi connectivity index (χ0n) is 12.1. The van der Waals surface area contributed by atoms with Crippen LogP contribution in [0.4, 0.5) is 13.2 Å². The van der Waals surface area contributed by atoms with E-state index < -0.39 is 17.7 Å². The molecule has 0 saturated carbocycles. The van der Waals surface area contributed by atoms with Crippen LogP contribution in [0.25, 0.3) is 5.57 Å². The Labute approximate surface area is 130 Å². The Morgan fingerprint density at radius 1 is 1.09 bits per heavy atom. The van der Waals surface area contributed by atoms with Gasteiger partial charge in [0.15, 0.2) is 0 Å². The number of aliphatic carboxylic acids is 1. The number of hydrogen-bond donors (Lipinski definition) is 1. The molecule has 2 aromatic rings. The molecule has 23 heavy (non-hydrogen) atoms. The lowest BCUT2D eigenvalue weighted by atomic mass is 9.96. The summed E-state index contributed by atoms with van der Waals surface area (Å²) in [7, 11) is 1.48. The van der Waals surface area contributed by atoms with Gasteiger partial charge < -0.3 is 9.84 Å². The van der Waals surface area contributed by atoms with Gasteiger partial charge in [-0.3, -0.25) is 0 Å². The van der Waals surface area contributed by atoms with Gasteiger partial charge in [-0.1, -0.05) is 24.3 Å². The van der Waals surface area contributed by atoms with E-state index in [-0.39, 0.29) is 11.1 Å². The van der Waals surface area contributed by atoms with Gasteiger partial charge in [0.2, 0.25) is 0 Å². The van der Waals surface area contributed by atoms with Crippen LogP contribution in [0, 0.1) is 0 Å². The second-order valence-corrected chi connectivity index (χ2v) is 4.70. The van der Waals surface area contributed by atoms with E-state index in [2.05, 4.69) is 0 Å². The second kappa shape index (κ2) is 6.56. The molecule has 2 aromatic carbocycles. The van der Waals surface area contributed by atoms with Crippen molar-refractivity contribution in [1.29, 1.82) is 0 Å². The first-order valence-electron chi connectivity index (χ1n) is 6.58. The summed E-state index contributed by atoms with van der Waals surface area (Å²) in [5, 5.41) is 9.01. The van der Waals surface area contributed by atoms with Crippen LogP contribution < -0.4 is 4.74 Å². The largest absolute Gasteiger partial charge is 0.497 e. The van der Waals surface area contributed by atoms with E-state index in [9.17, 15) is 18.0 Å². The molecule has 0 bridgehead atoms. The zero-order chi connectivity index (χ0) is 17.0. The number of benzene rings is 2. The van der Waals surface area contributed by atoms with E-state index in [0.29, 0.717) is 11.3 Å². The summed E-state index contributed by atoms with van der Waals surface area (Å²) >= 11 is 0. The van der Waals surface area contributed by atoms with Crippen molar-refractivity contribution in [1.82, 2.24) is 0 Å². The fourth-order valence-corrected chi connectivity index (χ4v) is 2.09. The molecule has 0 heterocycles. The molecule has 0 aromatic heterocycles. The van der Waals surface area contributed by atoms with E-state index in [1.54, 1.807) is 24.3 Å². The Bertz CT molecular complexity index is 731. The second-order valence-electron chi connectivity index (χ2n) is 4.70. The quantitative estimate of drug-likeness (QED) is 0.857. The first-order valence-corrected chi connectivity index (χ1v) is 6.58. The summed E-state index contributed by atoms with van der Waals surface area (Å²) in [6, 6.07) is 11.0. The molecule has 0 amide bonds. The van der Waals surface area contributed by atoms with Crippen molar-refractivity contribution in [3.05, 3.63) is 71.3 Å². The highest BCUT2D eigenvalue weighted by molar-refractivity contribution is 5.95. The molecule has 0 spiro atoms. The summed E-state index contributed by atoms with van der Waals surface area (Å²) in [4.78, 5) is 11.0. The van der Waals surface area contributed by atoms with Crippen LogP contribution in [0.3, 0.4) is 0 Å². The Morgan fingerprint density at radius 2 is 1.74 bits per heavy atom. The van der Waals surface area contributed by atoms with Crippen LogP contribution >= 0.6 is 0 Å². The standard InChI is InChI=1S/C17H13F3O3/c1-23-14-7-5-11(6-8-14)15(10-16(21)22)12-3-2-4-13(9-12)17(18,19)20/h2-10H,1H3,(H,21,22)/b15-10-. The minimum atomic E-state index is -4.50. The van der Waals surface area contributed by atoms with Gasteiger partial charge >= 0.3 is 12.1 Å². The normalized spacial score (nSPS) is 12.1. The maximum atomic E-state index is 12.8. The molecule has 0 aliphatic carbocycles.